The molecule has 0 fully saturated rings. The minimum absolute atomic E-state index is 0.145. The highest BCUT2D eigenvalue weighted by Gasteiger charge is 2.19. The Hall–Kier alpha value is -2.58. The van der Waals surface area contributed by atoms with Gasteiger partial charge in [0.2, 0.25) is 10.0 Å². The highest BCUT2D eigenvalue weighted by molar-refractivity contribution is 7.89. The lowest BCUT2D eigenvalue weighted by Crippen LogP contribution is -2.27. The summed E-state index contributed by atoms with van der Waals surface area (Å²) in [5.74, 6) is -0.0679. The third kappa shape index (κ3) is 3.66. The number of aryl methyl sites for hydroxylation is 1. The lowest BCUT2D eigenvalue weighted by molar-refractivity contribution is 0.557. The third-order valence-electron chi connectivity index (χ3n) is 4.10. The molecule has 6 nitrogen and oxygen atoms in total. The number of hydrogen-bond donors (Lipinski definition) is 1. The number of sulfonamides is 1. The molecule has 0 saturated heterocycles. The van der Waals surface area contributed by atoms with Crippen LogP contribution in [0.1, 0.15) is 17.0 Å². The molecule has 0 aliphatic carbocycles. The largest absolute Gasteiger partial charge is 0.243 e. The van der Waals surface area contributed by atoms with Gasteiger partial charge in [0.25, 0.3) is 0 Å². The summed E-state index contributed by atoms with van der Waals surface area (Å²) in [4.78, 5) is 3.93. The first-order valence-electron chi connectivity index (χ1n) is 8.11. The second-order valence-electron chi connectivity index (χ2n) is 5.83. The zero-order valence-electron chi connectivity index (χ0n) is 14.5. The monoisotopic (exact) mass is 374 g/mol. The van der Waals surface area contributed by atoms with E-state index in [1.807, 2.05) is 32.0 Å². The van der Waals surface area contributed by atoms with Gasteiger partial charge >= 0.3 is 0 Å². The van der Waals surface area contributed by atoms with E-state index in [2.05, 4.69) is 14.8 Å². The second kappa shape index (κ2) is 7.35. The lowest BCUT2D eigenvalue weighted by atomic mass is 10.1. The molecule has 1 N–H and O–H groups in total. The van der Waals surface area contributed by atoms with Crippen molar-refractivity contribution in [2.45, 2.75) is 25.2 Å². The highest BCUT2D eigenvalue weighted by atomic mass is 32.2. The number of nitrogens with zero attached hydrogens (tertiary/aromatic N) is 3. The maximum absolute atomic E-state index is 13.7. The van der Waals surface area contributed by atoms with Gasteiger partial charge in [-0.15, -0.1) is 0 Å². The Labute approximate surface area is 151 Å². The van der Waals surface area contributed by atoms with Crippen LogP contribution in [0.3, 0.4) is 0 Å². The molecule has 0 bridgehead atoms. The van der Waals surface area contributed by atoms with Crippen LogP contribution in [0.5, 0.6) is 0 Å². The average molecular weight is 374 g/mol. The summed E-state index contributed by atoms with van der Waals surface area (Å²) in [5.41, 5.74) is 2.64. The van der Waals surface area contributed by atoms with E-state index in [-0.39, 0.29) is 11.4 Å². The third-order valence-corrected chi connectivity index (χ3v) is 5.59. The predicted octanol–water partition coefficient (Wildman–Crippen LogP) is 2.54. The zero-order valence-corrected chi connectivity index (χ0v) is 15.3. The SMILES string of the molecule is Cc1nn(-c2ccccn2)c(C)c1CCNS(=O)(=O)c1ccccc1F. The van der Waals surface area contributed by atoms with Gasteiger partial charge in [0, 0.05) is 18.4 Å². The van der Waals surface area contributed by atoms with E-state index in [0.717, 1.165) is 23.0 Å². The smallest absolute Gasteiger partial charge is 0.237 e. The molecule has 2 aromatic heterocycles. The molecule has 0 aliphatic rings. The summed E-state index contributed by atoms with van der Waals surface area (Å²) in [6, 6.07) is 10.9. The van der Waals surface area contributed by atoms with E-state index >= 15 is 0 Å². The number of benzene rings is 1. The van der Waals surface area contributed by atoms with Gasteiger partial charge in [-0.05, 0) is 50.1 Å². The first-order valence-corrected chi connectivity index (χ1v) is 9.59. The van der Waals surface area contributed by atoms with Gasteiger partial charge in [0.05, 0.1) is 5.69 Å². The van der Waals surface area contributed by atoms with Crippen LogP contribution < -0.4 is 4.72 Å². The van der Waals surface area contributed by atoms with Gasteiger partial charge in [-0.3, -0.25) is 0 Å². The normalized spacial score (nSPS) is 11.7. The van der Waals surface area contributed by atoms with Gasteiger partial charge in [0.1, 0.15) is 10.7 Å². The number of aromatic nitrogens is 3. The number of halogens is 1. The Kier molecular flexibility index (Phi) is 5.15. The molecule has 8 heteroatoms. The van der Waals surface area contributed by atoms with E-state index in [1.54, 1.807) is 10.9 Å². The fourth-order valence-corrected chi connectivity index (χ4v) is 3.90. The molecule has 26 heavy (non-hydrogen) atoms. The molecule has 3 rings (SSSR count). The number of rotatable bonds is 6. The summed E-state index contributed by atoms with van der Waals surface area (Å²) < 4.78 is 42.4. The summed E-state index contributed by atoms with van der Waals surface area (Å²) in [6.45, 7) is 3.93. The molecule has 0 spiro atoms. The van der Waals surface area contributed by atoms with Crippen molar-refractivity contribution in [1.82, 2.24) is 19.5 Å². The van der Waals surface area contributed by atoms with Crippen molar-refractivity contribution >= 4 is 10.0 Å². The molecule has 1 aromatic carbocycles. The number of nitrogens with one attached hydrogen (secondary N) is 1. The van der Waals surface area contributed by atoms with Crippen molar-refractivity contribution in [3.63, 3.8) is 0 Å². The molecule has 0 radical (unpaired) electrons. The fourth-order valence-electron chi connectivity index (χ4n) is 2.79. The molecule has 0 aliphatic heterocycles. The molecule has 0 amide bonds. The Balaban J connectivity index is 1.75. The number of pyridine rings is 1. The van der Waals surface area contributed by atoms with E-state index in [4.69, 9.17) is 0 Å². The van der Waals surface area contributed by atoms with Crippen molar-refractivity contribution in [3.05, 3.63) is 71.4 Å². The molecule has 0 atom stereocenters. The van der Waals surface area contributed by atoms with Crippen LogP contribution in [0, 0.1) is 19.7 Å². The summed E-state index contributed by atoms with van der Waals surface area (Å²) in [6.07, 6.45) is 2.13. The molecule has 2 heterocycles. The minimum Gasteiger partial charge on any atom is -0.237 e. The Morgan fingerprint density at radius 3 is 2.54 bits per heavy atom. The Morgan fingerprint density at radius 1 is 1.12 bits per heavy atom. The van der Waals surface area contributed by atoms with Crippen molar-refractivity contribution in [2.24, 2.45) is 0 Å². The fraction of sp³-hybridized carbons (Fsp3) is 0.222. The van der Waals surface area contributed by atoms with E-state index in [9.17, 15) is 12.8 Å². The topological polar surface area (TPSA) is 76.9 Å². The van der Waals surface area contributed by atoms with Crippen LogP contribution in [0.2, 0.25) is 0 Å². The molecule has 136 valence electrons. The van der Waals surface area contributed by atoms with E-state index < -0.39 is 15.8 Å². The molecule has 0 unspecified atom stereocenters. The molecule has 0 saturated carbocycles. The van der Waals surface area contributed by atoms with Gasteiger partial charge in [0.15, 0.2) is 5.82 Å². The maximum Gasteiger partial charge on any atom is 0.243 e. The first kappa shape index (κ1) is 18.2. The van der Waals surface area contributed by atoms with E-state index in [0.29, 0.717) is 12.2 Å². The first-order chi connectivity index (χ1) is 12.4. The standard InChI is InChI=1S/C18H19FN4O2S/c1-13-15(14(2)23(22-13)18-9-5-6-11-20-18)10-12-21-26(24,25)17-8-4-3-7-16(17)19/h3-9,11,21H,10,12H2,1-2H3. The van der Waals surface area contributed by atoms with Crippen molar-refractivity contribution in [3.8, 4) is 5.82 Å². The summed E-state index contributed by atoms with van der Waals surface area (Å²) >= 11 is 0. The number of hydrogen-bond acceptors (Lipinski definition) is 4. The van der Waals surface area contributed by atoms with Crippen molar-refractivity contribution in [1.29, 1.82) is 0 Å². The minimum atomic E-state index is -3.90. The van der Waals surface area contributed by atoms with Gasteiger partial charge in [-0.2, -0.15) is 5.10 Å². The highest BCUT2D eigenvalue weighted by Crippen LogP contribution is 2.18. The van der Waals surface area contributed by atoms with Crippen LogP contribution in [0.25, 0.3) is 5.82 Å². The van der Waals surface area contributed by atoms with Crippen LogP contribution >= 0.6 is 0 Å². The van der Waals surface area contributed by atoms with E-state index in [1.165, 1.54) is 18.2 Å². The quantitative estimate of drug-likeness (QED) is 0.719. The van der Waals surface area contributed by atoms with Crippen LogP contribution in [0.4, 0.5) is 4.39 Å². The Morgan fingerprint density at radius 2 is 1.85 bits per heavy atom. The average Bonchev–Trinajstić information content (AvgIpc) is 2.91. The zero-order chi connectivity index (χ0) is 18.7. The van der Waals surface area contributed by atoms with Crippen LogP contribution in [-0.2, 0) is 16.4 Å². The lowest BCUT2D eigenvalue weighted by Gasteiger charge is -2.08. The Bertz CT molecular complexity index is 1020. The predicted molar refractivity (Wildman–Crippen MR) is 96.1 cm³/mol. The molecular formula is C18H19FN4O2S. The maximum atomic E-state index is 13.7. The van der Waals surface area contributed by atoms with Crippen molar-refractivity contribution in [2.75, 3.05) is 6.54 Å². The van der Waals surface area contributed by atoms with Crippen molar-refractivity contribution < 1.29 is 12.8 Å². The van der Waals surface area contributed by atoms with Crippen LogP contribution in [-0.4, -0.2) is 29.7 Å². The van der Waals surface area contributed by atoms with Crippen LogP contribution in [0.15, 0.2) is 53.6 Å². The molecular weight excluding hydrogens is 355 g/mol. The molecule has 3 aromatic rings. The van der Waals surface area contributed by atoms with Gasteiger partial charge in [-0.1, -0.05) is 18.2 Å². The summed E-state index contributed by atoms with van der Waals surface area (Å²) in [5, 5.41) is 4.48. The van der Waals surface area contributed by atoms with Gasteiger partial charge in [-0.25, -0.2) is 27.2 Å². The second-order valence-corrected chi connectivity index (χ2v) is 7.56. The summed E-state index contributed by atoms with van der Waals surface area (Å²) in [7, 11) is -3.90. The van der Waals surface area contributed by atoms with Gasteiger partial charge < -0.3 is 0 Å².